The standard InChI is InChI=1S/C5H11O2/c1-5(7-2)3-4-6/h3,5-6H,4H2,1-2H3/t5-/m1/s1. The van der Waals surface area contributed by atoms with Crippen molar-refractivity contribution in [2.75, 3.05) is 13.7 Å². The van der Waals surface area contributed by atoms with Gasteiger partial charge in [-0.2, -0.15) is 0 Å². The number of hydrogen-bond donors (Lipinski definition) is 1. The van der Waals surface area contributed by atoms with Crippen LogP contribution in [0.25, 0.3) is 0 Å². The number of aliphatic hydroxyl groups excluding tert-OH is 1. The van der Waals surface area contributed by atoms with Crippen molar-refractivity contribution in [1.29, 1.82) is 0 Å². The molecule has 0 spiro atoms. The van der Waals surface area contributed by atoms with Gasteiger partial charge < -0.3 is 9.84 Å². The molecule has 1 atom stereocenters. The molecule has 0 fully saturated rings. The molecular formula is C5H11O2. The molecule has 1 radical (unpaired) electrons. The average molecular weight is 103 g/mol. The van der Waals surface area contributed by atoms with Crippen LogP contribution in [0.15, 0.2) is 0 Å². The summed E-state index contributed by atoms with van der Waals surface area (Å²) in [6.07, 6.45) is 1.75. The van der Waals surface area contributed by atoms with Crippen LogP contribution >= 0.6 is 0 Å². The molecule has 43 valence electrons. The molecule has 0 amide bonds. The van der Waals surface area contributed by atoms with Gasteiger partial charge >= 0.3 is 0 Å². The topological polar surface area (TPSA) is 29.5 Å². The van der Waals surface area contributed by atoms with Crippen molar-refractivity contribution in [2.45, 2.75) is 13.0 Å². The molecule has 0 aromatic heterocycles. The smallest absolute Gasteiger partial charge is 0.0597 e. The third kappa shape index (κ3) is 3.76. The minimum Gasteiger partial charge on any atom is -0.396 e. The molecule has 0 bridgehead atoms. The van der Waals surface area contributed by atoms with E-state index in [9.17, 15) is 0 Å². The first-order valence-corrected chi connectivity index (χ1v) is 2.28. The fourth-order valence-corrected chi connectivity index (χ4v) is 0.245. The van der Waals surface area contributed by atoms with E-state index >= 15 is 0 Å². The Balaban J connectivity index is 2.83. The fraction of sp³-hybridized carbons (Fsp3) is 0.800. The highest BCUT2D eigenvalue weighted by Gasteiger charge is 1.94. The Morgan fingerprint density at radius 2 is 2.43 bits per heavy atom. The molecule has 0 aliphatic heterocycles. The summed E-state index contributed by atoms with van der Waals surface area (Å²) in [7, 11) is 1.61. The van der Waals surface area contributed by atoms with Gasteiger partial charge in [0, 0.05) is 20.1 Å². The first-order chi connectivity index (χ1) is 3.31. The number of hydrogen-bond acceptors (Lipinski definition) is 2. The van der Waals surface area contributed by atoms with Crippen LogP contribution in [-0.2, 0) is 4.74 Å². The number of rotatable bonds is 3. The zero-order valence-corrected chi connectivity index (χ0v) is 4.72. The van der Waals surface area contributed by atoms with Gasteiger partial charge in [0.2, 0.25) is 0 Å². The van der Waals surface area contributed by atoms with Gasteiger partial charge in [-0.25, -0.2) is 0 Å². The van der Waals surface area contributed by atoms with Crippen LogP contribution in [0, 0.1) is 6.42 Å². The zero-order chi connectivity index (χ0) is 5.70. The van der Waals surface area contributed by atoms with Crippen molar-refractivity contribution in [3.05, 3.63) is 6.42 Å². The maximum Gasteiger partial charge on any atom is 0.0597 e. The van der Waals surface area contributed by atoms with Gasteiger partial charge in [0.15, 0.2) is 0 Å². The second-order valence-electron chi connectivity index (χ2n) is 1.36. The number of methoxy groups -OCH3 is 1. The highest BCUT2D eigenvalue weighted by atomic mass is 16.5. The van der Waals surface area contributed by atoms with Crippen LogP contribution in [0.5, 0.6) is 0 Å². The summed E-state index contributed by atoms with van der Waals surface area (Å²) < 4.78 is 4.78. The molecule has 2 heteroatoms. The maximum atomic E-state index is 8.23. The summed E-state index contributed by atoms with van der Waals surface area (Å²) >= 11 is 0. The van der Waals surface area contributed by atoms with Crippen LogP contribution in [0.2, 0.25) is 0 Å². The lowest BCUT2D eigenvalue weighted by molar-refractivity contribution is 0.130. The molecule has 0 saturated heterocycles. The lowest BCUT2D eigenvalue weighted by Gasteiger charge is -2.03. The molecule has 0 unspecified atom stereocenters. The van der Waals surface area contributed by atoms with E-state index in [0.29, 0.717) is 0 Å². The Morgan fingerprint density at radius 1 is 1.86 bits per heavy atom. The Morgan fingerprint density at radius 3 is 2.57 bits per heavy atom. The largest absolute Gasteiger partial charge is 0.396 e. The fourth-order valence-electron chi connectivity index (χ4n) is 0.245. The van der Waals surface area contributed by atoms with Gasteiger partial charge in [0.1, 0.15) is 0 Å². The van der Waals surface area contributed by atoms with Gasteiger partial charge in [-0.3, -0.25) is 0 Å². The van der Waals surface area contributed by atoms with E-state index in [0.717, 1.165) is 0 Å². The van der Waals surface area contributed by atoms with Gasteiger partial charge in [0.25, 0.3) is 0 Å². The molecule has 0 aromatic carbocycles. The summed E-state index contributed by atoms with van der Waals surface area (Å²) in [6.45, 7) is 1.96. The number of aliphatic hydroxyl groups is 1. The predicted molar refractivity (Wildman–Crippen MR) is 27.9 cm³/mol. The SMILES string of the molecule is CO[C@H](C)[CH]CO. The second-order valence-corrected chi connectivity index (χ2v) is 1.36. The van der Waals surface area contributed by atoms with Crippen LogP contribution < -0.4 is 0 Å². The van der Waals surface area contributed by atoms with Crippen molar-refractivity contribution in [2.24, 2.45) is 0 Å². The van der Waals surface area contributed by atoms with Gasteiger partial charge in [-0.05, 0) is 6.92 Å². The molecule has 1 N–H and O–H groups in total. The maximum absolute atomic E-state index is 8.23. The van der Waals surface area contributed by atoms with Gasteiger partial charge in [0.05, 0.1) is 6.10 Å². The third-order valence-electron chi connectivity index (χ3n) is 0.809. The van der Waals surface area contributed by atoms with Crippen LogP contribution in [0.4, 0.5) is 0 Å². The van der Waals surface area contributed by atoms with E-state index in [2.05, 4.69) is 0 Å². The van der Waals surface area contributed by atoms with Crippen LogP contribution in [-0.4, -0.2) is 24.9 Å². The Kier molecular flexibility index (Phi) is 4.04. The Hall–Kier alpha value is -0.0800. The Bertz CT molecular complexity index is 37.1. The second kappa shape index (κ2) is 4.09. The number of ether oxygens (including phenoxy) is 1. The lowest BCUT2D eigenvalue weighted by atomic mass is 10.3. The van der Waals surface area contributed by atoms with E-state index in [1.165, 1.54) is 0 Å². The van der Waals surface area contributed by atoms with Crippen molar-refractivity contribution in [3.8, 4) is 0 Å². The third-order valence-corrected chi connectivity index (χ3v) is 0.809. The molecular weight excluding hydrogens is 92.1 g/mol. The highest BCUT2D eigenvalue weighted by Crippen LogP contribution is 1.89. The molecule has 2 nitrogen and oxygen atoms in total. The van der Waals surface area contributed by atoms with E-state index in [1.54, 1.807) is 13.5 Å². The Labute approximate surface area is 44.1 Å². The molecule has 7 heavy (non-hydrogen) atoms. The summed E-state index contributed by atoms with van der Waals surface area (Å²) in [5, 5.41) is 8.23. The molecule has 0 aliphatic carbocycles. The van der Waals surface area contributed by atoms with Gasteiger partial charge in [-0.15, -0.1) is 0 Å². The van der Waals surface area contributed by atoms with E-state index < -0.39 is 0 Å². The predicted octanol–water partition coefficient (Wildman–Crippen LogP) is 0.218. The van der Waals surface area contributed by atoms with E-state index in [1.807, 2.05) is 6.92 Å². The average Bonchev–Trinajstić information content (AvgIpc) is 1.68. The monoisotopic (exact) mass is 103 g/mol. The minimum atomic E-state index is 0.0741. The summed E-state index contributed by atoms with van der Waals surface area (Å²) in [4.78, 5) is 0. The normalized spacial score (nSPS) is 14.1. The zero-order valence-electron chi connectivity index (χ0n) is 4.72. The van der Waals surface area contributed by atoms with Crippen molar-refractivity contribution in [1.82, 2.24) is 0 Å². The quantitative estimate of drug-likeness (QED) is 0.553. The molecule has 0 saturated carbocycles. The molecule has 0 heterocycles. The van der Waals surface area contributed by atoms with E-state index in [-0.39, 0.29) is 12.7 Å². The summed E-state index contributed by atoms with van der Waals surface area (Å²) in [6, 6.07) is 0. The lowest BCUT2D eigenvalue weighted by Crippen LogP contribution is -2.07. The van der Waals surface area contributed by atoms with Crippen LogP contribution in [0.1, 0.15) is 6.92 Å². The van der Waals surface area contributed by atoms with E-state index in [4.69, 9.17) is 9.84 Å². The minimum absolute atomic E-state index is 0.0741. The summed E-state index contributed by atoms with van der Waals surface area (Å²) in [5.41, 5.74) is 0. The summed E-state index contributed by atoms with van der Waals surface area (Å²) in [5.74, 6) is 0. The van der Waals surface area contributed by atoms with Crippen molar-refractivity contribution in [3.63, 3.8) is 0 Å². The van der Waals surface area contributed by atoms with Crippen LogP contribution in [0.3, 0.4) is 0 Å². The molecule has 0 aromatic rings. The highest BCUT2D eigenvalue weighted by molar-refractivity contribution is 4.69. The van der Waals surface area contributed by atoms with Crippen molar-refractivity contribution >= 4 is 0 Å². The molecule has 0 rings (SSSR count). The first kappa shape index (κ1) is 6.92. The van der Waals surface area contributed by atoms with Crippen molar-refractivity contribution < 1.29 is 9.84 Å². The molecule has 0 aliphatic rings. The first-order valence-electron chi connectivity index (χ1n) is 2.28. The van der Waals surface area contributed by atoms with Gasteiger partial charge in [-0.1, -0.05) is 0 Å².